The number of aromatic nitrogens is 2. The Morgan fingerprint density at radius 1 is 1.50 bits per heavy atom. The summed E-state index contributed by atoms with van der Waals surface area (Å²) in [7, 11) is 0. The van der Waals surface area contributed by atoms with Gasteiger partial charge in [0.05, 0.1) is 5.92 Å². The first-order valence-corrected chi connectivity index (χ1v) is 4.88. The summed E-state index contributed by atoms with van der Waals surface area (Å²) in [6.45, 7) is 1.70. The molecule has 1 saturated carbocycles. The van der Waals surface area contributed by atoms with Crippen LogP contribution in [0, 0.1) is 12.8 Å². The molecule has 1 heterocycles. The minimum atomic E-state index is -4.09. The predicted molar refractivity (Wildman–Crippen MR) is 46.2 cm³/mol. The first-order chi connectivity index (χ1) is 6.47. The van der Waals surface area contributed by atoms with E-state index >= 15 is 0 Å². The Bertz CT molecular complexity index is 335. The smallest absolute Gasteiger partial charge is 0.357 e. The van der Waals surface area contributed by atoms with Gasteiger partial charge in [0, 0.05) is 17.6 Å². The molecule has 2 atom stereocenters. The van der Waals surface area contributed by atoms with Crippen molar-refractivity contribution in [2.24, 2.45) is 5.92 Å². The van der Waals surface area contributed by atoms with Gasteiger partial charge in [-0.1, -0.05) is 0 Å². The van der Waals surface area contributed by atoms with Gasteiger partial charge >= 0.3 is 6.18 Å². The van der Waals surface area contributed by atoms with E-state index in [2.05, 4.69) is 14.7 Å². The third-order valence-electron chi connectivity index (χ3n) is 2.05. The highest BCUT2D eigenvalue weighted by Crippen LogP contribution is 2.46. The van der Waals surface area contributed by atoms with Crippen LogP contribution in [0.25, 0.3) is 0 Å². The molecule has 0 radical (unpaired) electrons. The molecule has 7 heteroatoms. The van der Waals surface area contributed by atoms with Gasteiger partial charge in [-0.2, -0.15) is 17.5 Å². The molecule has 0 unspecified atom stereocenters. The van der Waals surface area contributed by atoms with Gasteiger partial charge in [0.15, 0.2) is 0 Å². The van der Waals surface area contributed by atoms with Crippen molar-refractivity contribution in [1.82, 2.24) is 9.36 Å². The van der Waals surface area contributed by atoms with E-state index in [4.69, 9.17) is 0 Å². The summed E-state index contributed by atoms with van der Waals surface area (Å²) in [5.74, 6) is -0.631. The second-order valence-electron chi connectivity index (χ2n) is 3.28. The number of hydrogen-bond acceptors (Lipinski definition) is 4. The highest BCUT2D eigenvalue weighted by Gasteiger charge is 2.56. The van der Waals surface area contributed by atoms with Crippen LogP contribution in [0.5, 0.6) is 0 Å². The Morgan fingerprint density at radius 2 is 2.21 bits per heavy atom. The number of alkyl halides is 3. The van der Waals surface area contributed by atoms with Crippen molar-refractivity contribution in [3.63, 3.8) is 0 Å². The zero-order valence-electron chi connectivity index (χ0n) is 7.30. The van der Waals surface area contributed by atoms with Crippen molar-refractivity contribution >= 4 is 16.7 Å². The number of hydrogen-bond donors (Lipinski definition) is 1. The quantitative estimate of drug-likeness (QED) is 0.835. The van der Waals surface area contributed by atoms with Gasteiger partial charge in [0.1, 0.15) is 5.82 Å². The first-order valence-electron chi connectivity index (χ1n) is 4.10. The molecule has 1 fully saturated rings. The number of anilines is 1. The lowest BCUT2D eigenvalue weighted by Crippen LogP contribution is -2.17. The van der Waals surface area contributed by atoms with Crippen LogP contribution in [0.4, 0.5) is 18.3 Å². The van der Waals surface area contributed by atoms with Gasteiger partial charge in [-0.25, -0.2) is 4.98 Å². The van der Waals surface area contributed by atoms with E-state index in [1.807, 2.05) is 0 Å². The van der Waals surface area contributed by atoms with Crippen molar-refractivity contribution in [2.75, 3.05) is 5.32 Å². The van der Waals surface area contributed by atoms with Crippen LogP contribution in [0.2, 0.25) is 0 Å². The molecule has 3 nitrogen and oxygen atoms in total. The van der Waals surface area contributed by atoms with Crippen LogP contribution >= 0.6 is 11.5 Å². The maximum Gasteiger partial charge on any atom is 0.393 e. The van der Waals surface area contributed by atoms with Gasteiger partial charge in [0.2, 0.25) is 5.13 Å². The normalized spacial score (nSPS) is 26.3. The lowest BCUT2D eigenvalue weighted by atomic mass is 10.4. The number of aryl methyl sites for hydroxylation is 1. The molecule has 0 spiro atoms. The molecule has 2 rings (SSSR count). The lowest BCUT2D eigenvalue weighted by Gasteiger charge is -2.04. The number of halogens is 3. The Labute approximate surface area is 82.5 Å². The first kappa shape index (κ1) is 9.70. The van der Waals surface area contributed by atoms with Gasteiger partial charge in [-0.15, -0.1) is 0 Å². The highest BCUT2D eigenvalue weighted by atomic mass is 32.1. The molecule has 78 valence electrons. The second-order valence-corrected chi connectivity index (χ2v) is 4.03. The number of nitrogens with one attached hydrogen (secondary N) is 1. The van der Waals surface area contributed by atoms with E-state index < -0.39 is 18.1 Å². The molecular weight excluding hydrogens is 215 g/mol. The largest absolute Gasteiger partial charge is 0.393 e. The molecule has 1 aliphatic rings. The SMILES string of the molecule is Cc1nsc(N[C@@H]2C[C@H]2C(F)(F)F)n1. The molecule has 1 aromatic rings. The van der Waals surface area contributed by atoms with E-state index in [-0.39, 0.29) is 6.42 Å². The molecule has 1 aromatic heterocycles. The Hall–Kier alpha value is -0.850. The van der Waals surface area contributed by atoms with Gasteiger partial charge in [0.25, 0.3) is 0 Å². The zero-order valence-corrected chi connectivity index (χ0v) is 8.11. The van der Waals surface area contributed by atoms with Crippen molar-refractivity contribution in [3.8, 4) is 0 Å². The molecule has 0 saturated heterocycles. The number of rotatable bonds is 2. The fraction of sp³-hybridized carbons (Fsp3) is 0.714. The summed E-state index contributed by atoms with van der Waals surface area (Å²) in [5.41, 5.74) is 0. The average molecular weight is 223 g/mol. The number of nitrogens with zero attached hydrogens (tertiary/aromatic N) is 2. The molecule has 0 bridgehead atoms. The maximum absolute atomic E-state index is 12.1. The van der Waals surface area contributed by atoms with Crippen molar-refractivity contribution in [2.45, 2.75) is 25.6 Å². The van der Waals surface area contributed by atoms with Crippen molar-refractivity contribution < 1.29 is 13.2 Å². The molecule has 0 aliphatic heterocycles. The third-order valence-corrected chi connectivity index (χ3v) is 2.78. The molecule has 1 aliphatic carbocycles. The third kappa shape index (κ3) is 1.97. The summed E-state index contributed by atoms with van der Waals surface area (Å²) in [4.78, 5) is 3.94. The molecular formula is C7H8F3N3S. The van der Waals surface area contributed by atoms with Crippen LogP contribution in [0.1, 0.15) is 12.2 Å². The second kappa shape index (κ2) is 3.08. The van der Waals surface area contributed by atoms with E-state index in [1.165, 1.54) is 0 Å². The van der Waals surface area contributed by atoms with Gasteiger partial charge in [-0.05, 0) is 13.3 Å². The summed E-state index contributed by atoms with van der Waals surface area (Å²) >= 11 is 1.09. The summed E-state index contributed by atoms with van der Waals surface area (Å²) < 4.78 is 40.2. The minimum absolute atomic E-state index is 0.141. The highest BCUT2D eigenvalue weighted by molar-refractivity contribution is 7.09. The maximum atomic E-state index is 12.1. The van der Waals surface area contributed by atoms with E-state index in [0.717, 1.165) is 11.5 Å². The van der Waals surface area contributed by atoms with Crippen molar-refractivity contribution in [1.29, 1.82) is 0 Å². The average Bonchev–Trinajstić information content (AvgIpc) is 2.69. The summed E-state index contributed by atoms with van der Waals surface area (Å²) in [6, 6.07) is -0.512. The Morgan fingerprint density at radius 3 is 2.64 bits per heavy atom. The molecule has 14 heavy (non-hydrogen) atoms. The standard InChI is InChI=1S/C7H8F3N3S/c1-3-11-6(14-13-3)12-5-2-4(5)7(8,9)10/h4-5H,2H2,1H3,(H,11,12,13)/t4-,5-/m1/s1. The monoisotopic (exact) mass is 223 g/mol. The molecule has 1 N–H and O–H groups in total. The van der Waals surface area contributed by atoms with Gasteiger partial charge in [-0.3, -0.25) is 0 Å². The fourth-order valence-corrected chi connectivity index (χ4v) is 1.87. The van der Waals surface area contributed by atoms with Crippen molar-refractivity contribution in [3.05, 3.63) is 5.82 Å². The van der Waals surface area contributed by atoms with Crippen LogP contribution < -0.4 is 5.32 Å². The summed E-state index contributed by atoms with van der Waals surface area (Å²) in [5, 5.41) is 3.19. The lowest BCUT2D eigenvalue weighted by molar-refractivity contribution is -0.147. The minimum Gasteiger partial charge on any atom is -0.357 e. The Balaban J connectivity index is 1.90. The van der Waals surface area contributed by atoms with E-state index in [1.54, 1.807) is 6.92 Å². The zero-order chi connectivity index (χ0) is 10.3. The van der Waals surface area contributed by atoms with Crippen LogP contribution in [0.3, 0.4) is 0 Å². The van der Waals surface area contributed by atoms with Crippen LogP contribution in [-0.4, -0.2) is 21.6 Å². The fourth-order valence-electron chi connectivity index (χ4n) is 1.23. The van der Waals surface area contributed by atoms with E-state index in [0.29, 0.717) is 11.0 Å². The van der Waals surface area contributed by atoms with Gasteiger partial charge < -0.3 is 5.32 Å². The summed E-state index contributed by atoms with van der Waals surface area (Å²) in [6.07, 6.45) is -3.94. The molecule has 0 aromatic carbocycles. The predicted octanol–water partition coefficient (Wildman–Crippen LogP) is 2.21. The molecule has 0 amide bonds. The van der Waals surface area contributed by atoms with Crippen LogP contribution in [-0.2, 0) is 0 Å². The van der Waals surface area contributed by atoms with Crippen LogP contribution in [0.15, 0.2) is 0 Å². The topological polar surface area (TPSA) is 37.8 Å². The van der Waals surface area contributed by atoms with E-state index in [9.17, 15) is 13.2 Å². The Kier molecular flexibility index (Phi) is 2.13.